The first-order valence-corrected chi connectivity index (χ1v) is 4.34. The molecule has 60 valence electrons. The minimum atomic E-state index is -1.08. The number of alkyl halides is 1. The molecule has 0 radical (unpaired) electrons. The number of hydrogen-bond acceptors (Lipinski definition) is 2. The van der Waals surface area contributed by atoms with Gasteiger partial charge in [-0.25, -0.2) is 4.79 Å². The topological polar surface area (TPSA) is 78.0 Å². The molecule has 1 amide bonds. The van der Waals surface area contributed by atoms with Crippen LogP contribution in [0, 0.1) is 0 Å². The molecule has 0 aromatic carbocycles. The third-order valence-corrected chi connectivity index (χ3v) is 1.92. The zero-order chi connectivity index (χ0) is 8.27. The Morgan fingerprint density at radius 3 is 3.18 bits per heavy atom. The summed E-state index contributed by atoms with van der Waals surface area (Å²) in [4.78, 5) is 10.2. The molecule has 3 N–H and O–H groups in total. The Hall–Kier alpha value is -0.790. The minimum absolute atomic E-state index is 0.451. The fraction of sp³-hybridized carbons (Fsp3) is 0.200. The summed E-state index contributed by atoms with van der Waals surface area (Å²) < 4.78 is 0.726. The lowest BCUT2D eigenvalue weighted by molar-refractivity contribution is 0.209. The van der Waals surface area contributed by atoms with E-state index in [2.05, 4.69) is 38.1 Å². The van der Waals surface area contributed by atoms with Crippen molar-refractivity contribution in [2.75, 3.05) is 5.32 Å². The average Bonchev–Trinajstić information content (AvgIpc) is 2.34. The first-order valence-electron chi connectivity index (χ1n) is 2.82. The van der Waals surface area contributed by atoms with Crippen molar-refractivity contribution in [3.05, 3.63) is 11.8 Å². The van der Waals surface area contributed by atoms with Crippen LogP contribution in [0.2, 0.25) is 0 Å². The van der Waals surface area contributed by atoms with E-state index in [9.17, 15) is 4.79 Å². The predicted octanol–water partition coefficient (Wildman–Crippen LogP) is 1.43. The Kier molecular flexibility index (Phi) is 2.69. The Bertz CT molecular complexity index is 260. The van der Waals surface area contributed by atoms with E-state index in [0.717, 1.165) is 9.99 Å². The van der Waals surface area contributed by atoms with Crippen LogP contribution < -0.4 is 5.32 Å². The van der Waals surface area contributed by atoms with Gasteiger partial charge in [0, 0.05) is 9.99 Å². The highest BCUT2D eigenvalue weighted by Crippen LogP contribution is 2.13. The van der Waals surface area contributed by atoms with Gasteiger partial charge >= 0.3 is 6.09 Å². The van der Waals surface area contributed by atoms with Crippen LogP contribution in [0.5, 0.6) is 0 Å². The molecule has 0 saturated heterocycles. The summed E-state index contributed by atoms with van der Waals surface area (Å²) in [6.07, 6.45) is 0.512. The maximum absolute atomic E-state index is 10.2. The highest BCUT2D eigenvalue weighted by atomic mass is 127. The first kappa shape index (κ1) is 8.31. The summed E-state index contributed by atoms with van der Waals surface area (Å²) in [5, 5.41) is 16.8. The minimum Gasteiger partial charge on any atom is -0.465 e. The number of anilines is 1. The molecule has 11 heavy (non-hydrogen) atoms. The van der Waals surface area contributed by atoms with Crippen molar-refractivity contribution >= 4 is 34.5 Å². The second kappa shape index (κ2) is 3.56. The van der Waals surface area contributed by atoms with Gasteiger partial charge in [0.2, 0.25) is 0 Å². The molecule has 0 spiro atoms. The number of carboxylic acid groups (broad SMARTS) is 1. The summed E-state index contributed by atoms with van der Waals surface area (Å²) in [6.45, 7) is 0. The van der Waals surface area contributed by atoms with Crippen molar-refractivity contribution in [3.8, 4) is 0 Å². The fourth-order valence-corrected chi connectivity index (χ4v) is 1.21. The molecular formula is C5H6IN3O2. The summed E-state index contributed by atoms with van der Waals surface area (Å²) in [7, 11) is 0. The largest absolute Gasteiger partial charge is 0.465 e. The third kappa shape index (κ3) is 2.07. The maximum Gasteiger partial charge on any atom is 0.410 e. The monoisotopic (exact) mass is 267 g/mol. The molecule has 1 heterocycles. The maximum atomic E-state index is 10.2. The number of nitrogens with zero attached hydrogens (tertiary/aromatic N) is 1. The van der Waals surface area contributed by atoms with E-state index in [4.69, 9.17) is 5.11 Å². The smallest absolute Gasteiger partial charge is 0.410 e. The van der Waals surface area contributed by atoms with Gasteiger partial charge in [-0.1, -0.05) is 22.6 Å². The van der Waals surface area contributed by atoms with Gasteiger partial charge in [-0.05, 0) is 0 Å². The number of amides is 1. The Labute approximate surface area is 76.3 Å². The number of nitrogens with one attached hydrogen (secondary N) is 2. The molecule has 0 atom stereocenters. The van der Waals surface area contributed by atoms with Crippen LogP contribution in [-0.4, -0.2) is 21.4 Å². The van der Waals surface area contributed by atoms with Gasteiger partial charge in [0.15, 0.2) is 0 Å². The molecular weight excluding hydrogens is 261 g/mol. The SMILES string of the molecule is O=C(O)Nc1[nH]ncc1CI. The van der Waals surface area contributed by atoms with Crippen LogP contribution in [-0.2, 0) is 4.43 Å². The average molecular weight is 267 g/mol. The molecule has 0 aliphatic rings. The van der Waals surface area contributed by atoms with Crippen LogP contribution in [0.1, 0.15) is 5.56 Å². The van der Waals surface area contributed by atoms with E-state index in [1.165, 1.54) is 0 Å². The van der Waals surface area contributed by atoms with Crippen molar-refractivity contribution in [3.63, 3.8) is 0 Å². The standard InChI is InChI=1S/C5H6IN3O2/c6-1-3-2-7-9-4(3)8-5(10)11/h2H,1H2,(H,10,11)(H2,7,8,9). The van der Waals surface area contributed by atoms with Gasteiger partial charge in [0.25, 0.3) is 0 Å². The lowest BCUT2D eigenvalue weighted by atomic mass is 10.4. The number of aromatic nitrogens is 2. The molecule has 0 fully saturated rings. The van der Waals surface area contributed by atoms with Crippen molar-refractivity contribution < 1.29 is 9.90 Å². The van der Waals surface area contributed by atoms with E-state index >= 15 is 0 Å². The Morgan fingerprint density at radius 1 is 1.91 bits per heavy atom. The van der Waals surface area contributed by atoms with Gasteiger partial charge in [0.05, 0.1) is 6.20 Å². The molecule has 0 unspecified atom stereocenters. The number of aromatic amines is 1. The van der Waals surface area contributed by atoms with E-state index in [1.54, 1.807) is 6.20 Å². The van der Waals surface area contributed by atoms with Crippen LogP contribution in [0.25, 0.3) is 0 Å². The molecule has 1 rings (SSSR count). The Balaban J connectivity index is 2.76. The summed E-state index contributed by atoms with van der Waals surface area (Å²) >= 11 is 2.13. The van der Waals surface area contributed by atoms with Gasteiger partial charge in [-0.2, -0.15) is 5.10 Å². The molecule has 1 aromatic rings. The van der Waals surface area contributed by atoms with Gasteiger partial charge in [0.1, 0.15) is 5.82 Å². The second-order valence-electron chi connectivity index (χ2n) is 1.83. The fourth-order valence-electron chi connectivity index (χ4n) is 0.628. The zero-order valence-corrected chi connectivity index (χ0v) is 7.62. The van der Waals surface area contributed by atoms with Crippen molar-refractivity contribution in [2.24, 2.45) is 0 Å². The van der Waals surface area contributed by atoms with E-state index < -0.39 is 6.09 Å². The Morgan fingerprint density at radius 2 is 2.64 bits per heavy atom. The number of halogens is 1. The normalized spacial score (nSPS) is 9.55. The van der Waals surface area contributed by atoms with Crippen LogP contribution >= 0.6 is 22.6 Å². The molecule has 0 bridgehead atoms. The first-order chi connectivity index (χ1) is 5.24. The molecule has 6 heteroatoms. The van der Waals surface area contributed by atoms with Gasteiger partial charge in [-0.15, -0.1) is 0 Å². The van der Waals surface area contributed by atoms with Crippen LogP contribution in [0.3, 0.4) is 0 Å². The molecule has 1 aromatic heterocycles. The molecule has 0 aliphatic carbocycles. The van der Waals surface area contributed by atoms with Crippen LogP contribution in [0.4, 0.5) is 10.6 Å². The summed E-state index contributed by atoms with van der Waals surface area (Å²) in [6, 6.07) is 0. The van der Waals surface area contributed by atoms with Crippen molar-refractivity contribution in [1.82, 2.24) is 10.2 Å². The van der Waals surface area contributed by atoms with Crippen molar-refractivity contribution in [2.45, 2.75) is 4.43 Å². The lowest BCUT2D eigenvalue weighted by Gasteiger charge is -1.96. The number of rotatable bonds is 2. The van der Waals surface area contributed by atoms with Gasteiger partial charge in [-0.3, -0.25) is 10.4 Å². The van der Waals surface area contributed by atoms with Gasteiger partial charge < -0.3 is 5.11 Å². The third-order valence-electron chi connectivity index (χ3n) is 1.09. The van der Waals surface area contributed by atoms with Crippen LogP contribution in [0.15, 0.2) is 6.20 Å². The summed E-state index contributed by atoms with van der Waals surface area (Å²) in [5.74, 6) is 0.451. The molecule has 0 aliphatic heterocycles. The second-order valence-corrected chi connectivity index (χ2v) is 2.60. The molecule has 0 saturated carbocycles. The van der Waals surface area contributed by atoms with E-state index in [1.807, 2.05) is 0 Å². The lowest BCUT2D eigenvalue weighted by Crippen LogP contribution is -2.08. The predicted molar refractivity (Wildman–Crippen MR) is 48.0 cm³/mol. The highest BCUT2D eigenvalue weighted by molar-refractivity contribution is 14.1. The van der Waals surface area contributed by atoms with E-state index in [-0.39, 0.29) is 0 Å². The summed E-state index contributed by atoms with van der Waals surface area (Å²) in [5.41, 5.74) is 0.855. The highest BCUT2D eigenvalue weighted by Gasteiger charge is 2.04. The van der Waals surface area contributed by atoms with Crippen molar-refractivity contribution in [1.29, 1.82) is 0 Å². The number of carbonyl (C=O) groups is 1. The number of H-pyrrole nitrogens is 1. The number of hydrogen-bond donors (Lipinski definition) is 3. The molecule has 5 nitrogen and oxygen atoms in total. The van der Waals surface area contributed by atoms with E-state index in [0.29, 0.717) is 5.82 Å². The quantitative estimate of drug-likeness (QED) is 0.560. The zero-order valence-electron chi connectivity index (χ0n) is 5.47.